The maximum absolute atomic E-state index is 12.7. The first kappa shape index (κ1) is 29.1. The minimum Gasteiger partial charge on any atom is -0.543 e. The van der Waals surface area contributed by atoms with E-state index in [1.165, 1.54) is 0 Å². The van der Waals surface area contributed by atoms with Crippen LogP contribution in [0.25, 0.3) is 0 Å². The Balaban J connectivity index is 0.00000420. The van der Waals surface area contributed by atoms with Crippen LogP contribution in [-0.2, 0) is 22.0 Å². The highest BCUT2D eigenvalue weighted by Crippen LogP contribution is 2.30. The van der Waals surface area contributed by atoms with E-state index < -0.39 is 11.7 Å². The molecule has 1 unspecified atom stereocenters. The van der Waals surface area contributed by atoms with E-state index in [9.17, 15) is 18.0 Å². The van der Waals surface area contributed by atoms with E-state index >= 15 is 0 Å². The number of rotatable bonds is 9. The van der Waals surface area contributed by atoms with Gasteiger partial charge in [-0.1, -0.05) is 31.9 Å². The number of likely N-dealkylation sites (tertiary alicyclic amines) is 1. The third-order valence-electron chi connectivity index (χ3n) is 5.66. The van der Waals surface area contributed by atoms with E-state index in [0.717, 1.165) is 82.3 Å². The number of alkyl halides is 3. The Kier molecular flexibility index (Phi) is 13.8. The summed E-state index contributed by atoms with van der Waals surface area (Å²) in [5.41, 5.74) is 0.358. The molecular weight excluding hydrogens is 437 g/mol. The highest BCUT2D eigenvalue weighted by molar-refractivity contribution is 6.05. The quantitative estimate of drug-likeness (QED) is 0.441. The minimum absolute atomic E-state index is 0. The molecule has 2 rings (SSSR count). The lowest BCUT2D eigenvalue weighted by Crippen LogP contribution is -2.36. The standard InChI is InChI=1S/C21H29BF3NO2.2ClH/c1-2-3-4-18(20(27)28-22)11-14-26-12-9-17(10-13-26)15-16-5-7-19(8-6-16)21(23,24)25;;/h5-8,17-18H,2-4,9-15H2,1H3;2*1H. The largest absolute Gasteiger partial charge is 0.543 e. The summed E-state index contributed by atoms with van der Waals surface area (Å²) in [6.45, 7) is 4.83. The van der Waals surface area contributed by atoms with Crippen LogP contribution in [0, 0.1) is 11.8 Å². The summed E-state index contributed by atoms with van der Waals surface area (Å²) in [5.74, 6) is 0.0124. The first-order valence-corrected chi connectivity index (χ1v) is 10.1. The van der Waals surface area contributed by atoms with Gasteiger partial charge in [0.25, 0.3) is 5.97 Å². The van der Waals surface area contributed by atoms with Crippen molar-refractivity contribution in [3.8, 4) is 0 Å². The van der Waals surface area contributed by atoms with E-state index in [4.69, 9.17) is 8.05 Å². The summed E-state index contributed by atoms with van der Waals surface area (Å²) in [4.78, 5) is 14.1. The molecule has 1 aromatic rings. The maximum atomic E-state index is 12.7. The molecule has 3 nitrogen and oxygen atoms in total. The Morgan fingerprint density at radius 3 is 2.27 bits per heavy atom. The number of nitrogens with zero attached hydrogens (tertiary/aromatic N) is 1. The SMILES string of the molecule is Cl.Cl.[B]OC(=O)C(CCCC)CCN1CCC(Cc2ccc(C(F)(F)F)cc2)CC1. The molecule has 1 aliphatic rings. The average Bonchev–Trinajstić information content (AvgIpc) is 2.68. The van der Waals surface area contributed by atoms with Crippen molar-refractivity contribution in [2.45, 2.75) is 58.0 Å². The monoisotopic (exact) mass is 467 g/mol. The molecule has 0 amide bonds. The van der Waals surface area contributed by atoms with Crippen molar-refractivity contribution < 1.29 is 22.6 Å². The Labute approximate surface area is 191 Å². The van der Waals surface area contributed by atoms with Crippen molar-refractivity contribution >= 4 is 38.8 Å². The Hall–Kier alpha value is -0.915. The molecule has 1 atom stereocenters. The van der Waals surface area contributed by atoms with Crippen LogP contribution in [0.1, 0.15) is 56.6 Å². The van der Waals surface area contributed by atoms with Gasteiger partial charge in [0.1, 0.15) is 0 Å². The van der Waals surface area contributed by atoms with Crippen LogP contribution in [0.5, 0.6) is 0 Å². The molecular formula is C21H31BCl2F3NO2. The highest BCUT2D eigenvalue weighted by atomic mass is 35.5. The predicted octanol–water partition coefficient (Wildman–Crippen LogP) is 5.63. The van der Waals surface area contributed by atoms with E-state index in [0.29, 0.717) is 5.92 Å². The molecule has 0 aromatic heterocycles. The fraction of sp³-hybridized carbons (Fsp3) is 0.667. The number of hydrogen-bond acceptors (Lipinski definition) is 3. The molecule has 0 spiro atoms. The van der Waals surface area contributed by atoms with Gasteiger partial charge in [0.2, 0.25) is 0 Å². The zero-order chi connectivity index (χ0) is 20.6. The summed E-state index contributed by atoms with van der Waals surface area (Å²) >= 11 is 0. The summed E-state index contributed by atoms with van der Waals surface area (Å²) in [5, 5.41) is 0. The van der Waals surface area contributed by atoms with E-state index in [-0.39, 0.29) is 36.7 Å². The van der Waals surface area contributed by atoms with Gasteiger partial charge in [-0.2, -0.15) is 13.2 Å². The van der Waals surface area contributed by atoms with Crippen molar-refractivity contribution in [2.75, 3.05) is 19.6 Å². The molecule has 1 fully saturated rings. The zero-order valence-corrected chi connectivity index (χ0v) is 19.0. The fourth-order valence-electron chi connectivity index (χ4n) is 3.84. The Bertz CT molecular complexity index is 609. The van der Waals surface area contributed by atoms with Gasteiger partial charge in [-0.25, -0.2) is 0 Å². The average molecular weight is 468 g/mol. The van der Waals surface area contributed by atoms with Crippen molar-refractivity contribution in [3.63, 3.8) is 0 Å². The van der Waals surface area contributed by atoms with Crippen LogP contribution in [0.15, 0.2) is 24.3 Å². The zero-order valence-electron chi connectivity index (χ0n) is 17.3. The third kappa shape index (κ3) is 9.48. The first-order chi connectivity index (χ1) is 13.3. The van der Waals surface area contributed by atoms with E-state index in [1.54, 1.807) is 12.1 Å². The molecule has 0 bridgehead atoms. The normalized spacial score (nSPS) is 16.3. The molecule has 1 aliphatic heterocycles. The maximum Gasteiger partial charge on any atom is 0.416 e. The third-order valence-corrected chi connectivity index (χ3v) is 5.66. The van der Waals surface area contributed by atoms with Crippen LogP contribution in [0.4, 0.5) is 13.2 Å². The summed E-state index contributed by atoms with van der Waals surface area (Å²) < 4.78 is 42.4. The number of carbonyl (C=O) groups excluding carboxylic acids is 1. The second-order valence-electron chi connectivity index (χ2n) is 7.75. The lowest BCUT2D eigenvalue weighted by Gasteiger charge is -2.32. The number of benzene rings is 1. The van der Waals surface area contributed by atoms with Gasteiger partial charge in [-0.3, -0.25) is 4.79 Å². The smallest absolute Gasteiger partial charge is 0.416 e. The van der Waals surface area contributed by atoms with Crippen molar-refractivity contribution in [1.82, 2.24) is 4.90 Å². The fourth-order valence-corrected chi connectivity index (χ4v) is 3.84. The number of piperidine rings is 1. The molecule has 1 aromatic carbocycles. The molecule has 0 N–H and O–H groups in total. The lowest BCUT2D eigenvalue weighted by atomic mass is 9.89. The number of carbonyl (C=O) groups is 1. The van der Waals surface area contributed by atoms with Crippen LogP contribution in [-0.4, -0.2) is 38.6 Å². The van der Waals surface area contributed by atoms with E-state index in [1.807, 2.05) is 0 Å². The van der Waals surface area contributed by atoms with Crippen molar-refractivity contribution in [1.29, 1.82) is 0 Å². The van der Waals surface area contributed by atoms with Gasteiger partial charge in [0, 0.05) is 0 Å². The molecule has 1 heterocycles. The first-order valence-electron chi connectivity index (χ1n) is 10.1. The summed E-state index contributed by atoms with van der Waals surface area (Å²) in [7, 11) is 5.05. The molecule has 2 radical (unpaired) electrons. The van der Waals surface area contributed by atoms with Crippen molar-refractivity contribution in [3.05, 3.63) is 35.4 Å². The molecule has 0 saturated carbocycles. The van der Waals surface area contributed by atoms with Crippen LogP contribution in [0.3, 0.4) is 0 Å². The molecule has 170 valence electrons. The Morgan fingerprint density at radius 2 is 1.77 bits per heavy atom. The topological polar surface area (TPSA) is 29.5 Å². The van der Waals surface area contributed by atoms with Crippen LogP contribution < -0.4 is 0 Å². The highest BCUT2D eigenvalue weighted by Gasteiger charge is 2.30. The van der Waals surface area contributed by atoms with Gasteiger partial charge in [-0.05, 0) is 75.4 Å². The van der Waals surface area contributed by atoms with Gasteiger partial charge in [0.15, 0.2) is 0 Å². The molecule has 9 heteroatoms. The Morgan fingerprint density at radius 1 is 1.17 bits per heavy atom. The van der Waals surface area contributed by atoms with E-state index in [2.05, 4.69) is 16.5 Å². The number of halogens is 5. The predicted molar refractivity (Wildman–Crippen MR) is 118 cm³/mol. The minimum atomic E-state index is -4.28. The van der Waals surface area contributed by atoms with Crippen molar-refractivity contribution in [2.24, 2.45) is 11.8 Å². The van der Waals surface area contributed by atoms with Gasteiger partial charge in [-0.15, -0.1) is 24.8 Å². The van der Waals surface area contributed by atoms with Gasteiger partial charge < -0.3 is 9.55 Å². The summed E-state index contributed by atoms with van der Waals surface area (Å²) in [6, 6.07) is 5.51. The van der Waals surface area contributed by atoms with Crippen LogP contribution >= 0.6 is 24.8 Å². The van der Waals surface area contributed by atoms with Gasteiger partial charge >= 0.3 is 14.2 Å². The van der Waals surface area contributed by atoms with Gasteiger partial charge in [0.05, 0.1) is 11.5 Å². The number of hydrogen-bond donors (Lipinski definition) is 0. The second kappa shape index (κ2) is 14.2. The summed E-state index contributed by atoms with van der Waals surface area (Å²) in [6.07, 6.45) is 2.12. The number of unbranched alkanes of at least 4 members (excludes halogenated alkanes) is 1. The molecule has 1 saturated heterocycles. The molecule has 0 aliphatic carbocycles. The second-order valence-corrected chi connectivity index (χ2v) is 7.75. The lowest BCUT2D eigenvalue weighted by molar-refractivity contribution is -0.139. The van der Waals surface area contributed by atoms with Crippen LogP contribution in [0.2, 0.25) is 0 Å². The molecule has 30 heavy (non-hydrogen) atoms.